The molecule has 1 aromatic carbocycles. The Morgan fingerprint density at radius 3 is 2.57 bits per heavy atom. The number of benzene rings is 1. The lowest BCUT2D eigenvalue weighted by Gasteiger charge is -2.05. The zero-order chi connectivity index (χ0) is 14.7. The third-order valence-corrected chi connectivity index (χ3v) is 2.88. The largest absolute Gasteiger partial charge is 0.481 e. The van der Waals surface area contributed by atoms with E-state index >= 15 is 0 Å². The van der Waals surface area contributed by atoms with E-state index < -0.39 is 0 Å². The molecule has 1 amide bonds. The standard InChI is InChI=1S/C15H12N4O2/c1-21-14-7-6-10(8-17-14)18-15(20)13-9-16-11-4-2-3-5-12(11)19-13/h2-9H,1H3,(H,18,20). The molecule has 0 aliphatic heterocycles. The van der Waals surface area contributed by atoms with E-state index in [0.29, 0.717) is 17.1 Å². The van der Waals surface area contributed by atoms with E-state index in [4.69, 9.17) is 4.74 Å². The summed E-state index contributed by atoms with van der Waals surface area (Å²) in [6.07, 6.45) is 2.97. The zero-order valence-corrected chi connectivity index (χ0v) is 11.3. The second-order valence-corrected chi connectivity index (χ2v) is 4.29. The van der Waals surface area contributed by atoms with Gasteiger partial charge in [0, 0.05) is 6.07 Å². The summed E-state index contributed by atoms with van der Waals surface area (Å²) < 4.78 is 4.96. The minimum absolute atomic E-state index is 0.254. The summed E-state index contributed by atoms with van der Waals surface area (Å²) in [5.74, 6) is 0.152. The SMILES string of the molecule is COc1ccc(NC(=O)c2cnc3ccccc3n2)cn1. The van der Waals surface area contributed by atoms with Crippen LogP contribution in [0.5, 0.6) is 5.88 Å². The van der Waals surface area contributed by atoms with E-state index in [2.05, 4.69) is 20.3 Å². The molecule has 21 heavy (non-hydrogen) atoms. The van der Waals surface area contributed by atoms with Crippen molar-refractivity contribution in [3.63, 3.8) is 0 Å². The molecule has 0 radical (unpaired) electrons. The molecule has 6 nitrogen and oxygen atoms in total. The molecule has 2 aromatic heterocycles. The fourth-order valence-corrected chi connectivity index (χ4v) is 1.84. The van der Waals surface area contributed by atoms with Gasteiger partial charge in [-0.15, -0.1) is 0 Å². The smallest absolute Gasteiger partial charge is 0.275 e. The highest BCUT2D eigenvalue weighted by Crippen LogP contribution is 2.13. The van der Waals surface area contributed by atoms with Gasteiger partial charge < -0.3 is 10.1 Å². The molecular formula is C15H12N4O2. The number of aromatic nitrogens is 3. The van der Waals surface area contributed by atoms with Crippen molar-refractivity contribution in [2.45, 2.75) is 0 Å². The minimum Gasteiger partial charge on any atom is -0.481 e. The number of fused-ring (bicyclic) bond motifs is 1. The van der Waals surface area contributed by atoms with Crippen molar-refractivity contribution in [1.82, 2.24) is 15.0 Å². The number of nitrogens with zero attached hydrogens (tertiary/aromatic N) is 3. The van der Waals surface area contributed by atoms with Gasteiger partial charge in [-0.2, -0.15) is 0 Å². The molecule has 0 fully saturated rings. The molecule has 0 aliphatic rings. The van der Waals surface area contributed by atoms with Gasteiger partial charge in [-0.25, -0.2) is 9.97 Å². The highest BCUT2D eigenvalue weighted by atomic mass is 16.5. The maximum Gasteiger partial charge on any atom is 0.275 e. The second kappa shape index (κ2) is 5.54. The van der Waals surface area contributed by atoms with Crippen LogP contribution in [0, 0.1) is 0 Å². The quantitative estimate of drug-likeness (QED) is 0.796. The van der Waals surface area contributed by atoms with Crippen LogP contribution in [0.15, 0.2) is 48.8 Å². The Morgan fingerprint density at radius 2 is 1.86 bits per heavy atom. The summed E-state index contributed by atoms with van der Waals surface area (Å²) >= 11 is 0. The van der Waals surface area contributed by atoms with Gasteiger partial charge in [0.1, 0.15) is 5.69 Å². The van der Waals surface area contributed by atoms with Crippen LogP contribution in [-0.4, -0.2) is 28.0 Å². The summed E-state index contributed by atoms with van der Waals surface area (Å²) in [6, 6.07) is 10.8. The number of anilines is 1. The number of nitrogens with one attached hydrogen (secondary N) is 1. The van der Waals surface area contributed by atoms with Gasteiger partial charge in [0.05, 0.1) is 36.2 Å². The summed E-state index contributed by atoms with van der Waals surface area (Å²) in [6.45, 7) is 0. The topological polar surface area (TPSA) is 77.0 Å². The predicted octanol–water partition coefficient (Wildman–Crippen LogP) is 2.29. The third-order valence-electron chi connectivity index (χ3n) is 2.88. The van der Waals surface area contributed by atoms with E-state index in [0.717, 1.165) is 5.52 Å². The first kappa shape index (κ1) is 13.0. The number of rotatable bonds is 3. The number of hydrogen-bond donors (Lipinski definition) is 1. The summed E-state index contributed by atoms with van der Waals surface area (Å²) in [5.41, 5.74) is 2.25. The molecule has 3 aromatic rings. The number of pyridine rings is 1. The lowest BCUT2D eigenvalue weighted by atomic mass is 10.3. The van der Waals surface area contributed by atoms with Gasteiger partial charge in [-0.05, 0) is 18.2 Å². The van der Waals surface area contributed by atoms with E-state index in [1.807, 2.05) is 24.3 Å². The van der Waals surface area contributed by atoms with Gasteiger partial charge in [0.2, 0.25) is 5.88 Å². The van der Waals surface area contributed by atoms with Crippen molar-refractivity contribution in [2.75, 3.05) is 12.4 Å². The summed E-state index contributed by atoms with van der Waals surface area (Å²) in [7, 11) is 1.53. The normalized spacial score (nSPS) is 10.3. The molecule has 1 N–H and O–H groups in total. The second-order valence-electron chi connectivity index (χ2n) is 4.29. The van der Waals surface area contributed by atoms with Crippen LogP contribution in [0.4, 0.5) is 5.69 Å². The molecule has 104 valence electrons. The number of methoxy groups -OCH3 is 1. The maximum absolute atomic E-state index is 12.1. The van der Waals surface area contributed by atoms with Crippen molar-refractivity contribution in [2.24, 2.45) is 0 Å². The van der Waals surface area contributed by atoms with Crippen LogP contribution < -0.4 is 10.1 Å². The van der Waals surface area contributed by atoms with Gasteiger partial charge in [0.25, 0.3) is 5.91 Å². The lowest BCUT2D eigenvalue weighted by molar-refractivity contribution is 0.102. The van der Waals surface area contributed by atoms with Gasteiger partial charge >= 0.3 is 0 Å². The Bertz CT molecular complexity index is 787. The molecule has 0 spiro atoms. The zero-order valence-electron chi connectivity index (χ0n) is 11.3. The number of ether oxygens (including phenoxy) is 1. The van der Waals surface area contributed by atoms with Crippen LogP contribution in [0.1, 0.15) is 10.5 Å². The first-order valence-electron chi connectivity index (χ1n) is 6.29. The molecule has 6 heteroatoms. The Morgan fingerprint density at radius 1 is 1.05 bits per heavy atom. The number of amides is 1. The van der Waals surface area contributed by atoms with Crippen LogP contribution >= 0.6 is 0 Å². The Kier molecular flexibility index (Phi) is 3.42. The molecule has 3 rings (SSSR count). The first-order valence-corrected chi connectivity index (χ1v) is 6.29. The lowest BCUT2D eigenvalue weighted by Crippen LogP contribution is -2.14. The van der Waals surface area contributed by atoms with Crippen molar-refractivity contribution >= 4 is 22.6 Å². The number of carbonyl (C=O) groups is 1. The van der Waals surface area contributed by atoms with Gasteiger partial charge in [0.15, 0.2) is 0 Å². The highest BCUT2D eigenvalue weighted by molar-refractivity contribution is 6.03. The monoisotopic (exact) mass is 280 g/mol. The summed E-state index contributed by atoms with van der Waals surface area (Å²) in [4.78, 5) is 24.7. The number of para-hydroxylation sites is 2. The fourth-order valence-electron chi connectivity index (χ4n) is 1.84. The predicted molar refractivity (Wildman–Crippen MR) is 78.3 cm³/mol. The number of carbonyl (C=O) groups excluding carboxylic acids is 1. The van der Waals surface area contributed by atoms with E-state index in [9.17, 15) is 4.79 Å². The van der Waals surface area contributed by atoms with Gasteiger partial charge in [-0.3, -0.25) is 9.78 Å². The van der Waals surface area contributed by atoms with Crippen molar-refractivity contribution < 1.29 is 9.53 Å². The first-order chi connectivity index (χ1) is 10.3. The Labute approximate surface area is 120 Å². The molecule has 0 saturated carbocycles. The molecule has 0 saturated heterocycles. The van der Waals surface area contributed by atoms with Crippen molar-refractivity contribution in [3.8, 4) is 5.88 Å². The molecule has 0 atom stereocenters. The van der Waals surface area contributed by atoms with E-state index in [1.54, 1.807) is 12.1 Å². The van der Waals surface area contributed by atoms with Crippen LogP contribution in [0.25, 0.3) is 11.0 Å². The average Bonchev–Trinajstić information content (AvgIpc) is 2.55. The van der Waals surface area contributed by atoms with Crippen molar-refractivity contribution in [3.05, 3.63) is 54.5 Å². The molecular weight excluding hydrogens is 268 g/mol. The van der Waals surface area contributed by atoms with Crippen LogP contribution in [0.2, 0.25) is 0 Å². The number of hydrogen-bond acceptors (Lipinski definition) is 5. The average molecular weight is 280 g/mol. The van der Waals surface area contributed by atoms with Crippen LogP contribution in [0.3, 0.4) is 0 Å². The highest BCUT2D eigenvalue weighted by Gasteiger charge is 2.09. The van der Waals surface area contributed by atoms with Crippen LogP contribution in [-0.2, 0) is 0 Å². The maximum atomic E-state index is 12.1. The minimum atomic E-state index is -0.333. The summed E-state index contributed by atoms with van der Waals surface area (Å²) in [5, 5.41) is 2.71. The molecule has 0 aliphatic carbocycles. The Balaban J connectivity index is 1.82. The van der Waals surface area contributed by atoms with Gasteiger partial charge in [-0.1, -0.05) is 12.1 Å². The molecule has 0 bridgehead atoms. The fraction of sp³-hybridized carbons (Fsp3) is 0.0667. The van der Waals surface area contributed by atoms with E-state index in [1.165, 1.54) is 19.5 Å². The molecule has 2 heterocycles. The third kappa shape index (κ3) is 2.79. The van der Waals surface area contributed by atoms with Crippen molar-refractivity contribution in [1.29, 1.82) is 0 Å². The molecule has 0 unspecified atom stereocenters. The van der Waals surface area contributed by atoms with E-state index in [-0.39, 0.29) is 11.6 Å². The Hall–Kier alpha value is -3.02.